The SMILES string of the molecule is CCCCc1ccc(-c2ccc(OCCC)cc2)cc1. The summed E-state index contributed by atoms with van der Waals surface area (Å²) in [5.41, 5.74) is 3.95. The van der Waals surface area contributed by atoms with Gasteiger partial charge in [-0.2, -0.15) is 0 Å². The van der Waals surface area contributed by atoms with E-state index in [0.29, 0.717) is 0 Å². The molecule has 2 aromatic rings. The van der Waals surface area contributed by atoms with E-state index in [9.17, 15) is 0 Å². The van der Waals surface area contributed by atoms with Gasteiger partial charge in [-0.15, -0.1) is 0 Å². The molecule has 0 saturated carbocycles. The Morgan fingerprint density at radius 1 is 0.750 bits per heavy atom. The Morgan fingerprint density at radius 2 is 1.35 bits per heavy atom. The highest BCUT2D eigenvalue weighted by Crippen LogP contribution is 2.23. The smallest absolute Gasteiger partial charge is 0.119 e. The summed E-state index contributed by atoms with van der Waals surface area (Å²) in [5.74, 6) is 0.954. The van der Waals surface area contributed by atoms with Gasteiger partial charge in [-0.1, -0.05) is 56.7 Å². The van der Waals surface area contributed by atoms with Gasteiger partial charge in [0.2, 0.25) is 0 Å². The first-order valence-electron chi connectivity index (χ1n) is 7.65. The molecular formula is C19H24O. The number of aryl methyl sites for hydroxylation is 1. The van der Waals surface area contributed by atoms with Crippen LogP contribution in [0.4, 0.5) is 0 Å². The van der Waals surface area contributed by atoms with E-state index in [1.54, 1.807) is 0 Å². The van der Waals surface area contributed by atoms with Crippen LogP contribution in [0, 0.1) is 0 Å². The van der Waals surface area contributed by atoms with E-state index < -0.39 is 0 Å². The Bertz CT molecular complexity index is 447. The summed E-state index contributed by atoms with van der Waals surface area (Å²) in [4.78, 5) is 0. The van der Waals surface area contributed by atoms with Crippen LogP contribution in [0.25, 0.3) is 11.1 Å². The van der Waals surface area contributed by atoms with Crippen LogP contribution in [-0.2, 0) is 6.42 Å². The summed E-state index contributed by atoms with van der Waals surface area (Å²) in [6.07, 6.45) is 4.74. The number of ether oxygens (including phenoxy) is 1. The van der Waals surface area contributed by atoms with Crippen molar-refractivity contribution in [2.75, 3.05) is 6.61 Å². The minimum atomic E-state index is 0.783. The second kappa shape index (κ2) is 7.74. The van der Waals surface area contributed by atoms with Crippen molar-refractivity contribution in [2.24, 2.45) is 0 Å². The first-order chi connectivity index (χ1) is 9.83. The van der Waals surface area contributed by atoms with Crippen molar-refractivity contribution < 1.29 is 4.74 Å². The van der Waals surface area contributed by atoms with Crippen LogP contribution in [-0.4, -0.2) is 6.61 Å². The van der Waals surface area contributed by atoms with Crippen LogP contribution < -0.4 is 4.74 Å². The molecule has 0 radical (unpaired) electrons. The lowest BCUT2D eigenvalue weighted by Crippen LogP contribution is -1.94. The largest absolute Gasteiger partial charge is 0.494 e. The predicted octanol–water partition coefficient (Wildman–Crippen LogP) is 5.49. The van der Waals surface area contributed by atoms with E-state index in [-0.39, 0.29) is 0 Å². The minimum absolute atomic E-state index is 0.783. The fourth-order valence-electron chi connectivity index (χ4n) is 2.21. The molecule has 0 unspecified atom stereocenters. The van der Waals surface area contributed by atoms with E-state index in [1.165, 1.54) is 36.0 Å². The van der Waals surface area contributed by atoms with Crippen LogP contribution >= 0.6 is 0 Å². The zero-order valence-electron chi connectivity index (χ0n) is 12.6. The summed E-state index contributed by atoms with van der Waals surface area (Å²) in [6.45, 7) is 5.14. The maximum atomic E-state index is 5.61. The molecule has 0 fully saturated rings. The molecule has 1 heteroatoms. The van der Waals surface area contributed by atoms with Crippen molar-refractivity contribution in [1.29, 1.82) is 0 Å². The van der Waals surface area contributed by atoms with E-state index in [1.807, 2.05) is 0 Å². The van der Waals surface area contributed by atoms with E-state index in [4.69, 9.17) is 4.74 Å². The minimum Gasteiger partial charge on any atom is -0.494 e. The fraction of sp³-hybridized carbons (Fsp3) is 0.368. The lowest BCUT2D eigenvalue weighted by atomic mass is 10.0. The molecule has 2 aromatic carbocycles. The van der Waals surface area contributed by atoms with Crippen LogP contribution in [0.1, 0.15) is 38.7 Å². The molecule has 0 spiro atoms. The molecule has 106 valence electrons. The molecule has 2 rings (SSSR count). The predicted molar refractivity (Wildman–Crippen MR) is 86.3 cm³/mol. The number of hydrogen-bond donors (Lipinski definition) is 0. The Balaban J connectivity index is 2.03. The van der Waals surface area contributed by atoms with Crippen molar-refractivity contribution in [2.45, 2.75) is 39.5 Å². The van der Waals surface area contributed by atoms with Gasteiger partial charge in [-0.25, -0.2) is 0 Å². The van der Waals surface area contributed by atoms with Crippen molar-refractivity contribution in [3.05, 3.63) is 54.1 Å². The fourth-order valence-corrected chi connectivity index (χ4v) is 2.21. The third-order valence-corrected chi connectivity index (χ3v) is 3.43. The summed E-state index contributed by atoms with van der Waals surface area (Å²) in [5, 5.41) is 0. The highest BCUT2D eigenvalue weighted by Gasteiger charge is 1.99. The second-order valence-electron chi connectivity index (χ2n) is 5.17. The number of benzene rings is 2. The van der Waals surface area contributed by atoms with E-state index >= 15 is 0 Å². The molecule has 0 N–H and O–H groups in total. The Hall–Kier alpha value is -1.76. The van der Waals surface area contributed by atoms with Crippen LogP contribution in [0.15, 0.2) is 48.5 Å². The van der Waals surface area contributed by atoms with Crippen LogP contribution in [0.3, 0.4) is 0 Å². The molecule has 0 amide bonds. The quantitative estimate of drug-likeness (QED) is 0.645. The summed E-state index contributed by atoms with van der Waals surface area (Å²) < 4.78 is 5.61. The van der Waals surface area contributed by atoms with Gasteiger partial charge in [0.15, 0.2) is 0 Å². The second-order valence-corrected chi connectivity index (χ2v) is 5.17. The average molecular weight is 268 g/mol. The van der Waals surface area contributed by atoms with Gasteiger partial charge in [-0.3, -0.25) is 0 Å². The molecular weight excluding hydrogens is 244 g/mol. The third-order valence-electron chi connectivity index (χ3n) is 3.43. The normalized spacial score (nSPS) is 10.5. The van der Waals surface area contributed by atoms with E-state index in [2.05, 4.69) is 62.4 Å². The number of rotatable bonds is 7. The summed E-state index contributed by atoms with van der Waals surface area (Å²) in [7, 11) is 0. The van der Waals surface area contributed by atoms with Gasteiger partial charge in [0.05, 0.1) is 6.61 Å². The highest BCUT2D eigenvalue weighted by molar-refractivity contribution is 5.64. The third kappa shape index (κ3) is 4.12. The number of hydrogen-bond acceptors (Lipinski definition) is 1. The number of unbranched alkanes of at least 4 members (excludes halogenated alkanes) is 1. The molecule has 0 atom stereocenters. The van der Waals surface area contributed by atoms with Gasteiger partial charge in [-0.05, 0) is 48.1 Å². The van der Waals surface area contributed by atoms with Gasteiger partial charge in [0.25, 0.3) is 0 Å². The first-order valence-corrected chi connectivity index (χ1v) is 7.65. The van der Waals surface area contributed by atoms with Crippen LogP contribution in [0.5, 0.6) is 5.75 Å². The monoisotopic (exact) mass is 268 g/mol. The first kappa shape index (κ1) is 14.6. The maximum Gasteiger partial charge on any atom is 0.119 e. The molecule has 1 nitrogen and oxygen atoms in total. The maximum absolute atomic E-state index is 5.61. The lowest BCUT2D eigenvalue weighted by Gasteiger charge is -2.07. The topological polar surface area (TPSA) is 9.23 Å². The average Bonchev–Trinajstić information content (AvgIpc) is 2.52. The molecule has 0 bridgehead atoms. The zero-order valence-corrected chi connectivity index (χ0v) is 12.6. The molecule has 0 aliphatic heterocycles. The molecule has 0 heterocycles. The van der Waals surface area contributed by atoms with Crippen LogP contribution in [0.2, 0.25) is 0 Å². The van der Waals surface area contributed by atoms with Gasteiger partial charge in [0.1, 0.15) is 5.75 Å². The van der Waals surface area contributed by atoms with E-state index in [0.717, 1.165) is 18.8 Å². The molecule has 20 heavy (non-hydrogen) atoms. The van der Waals surface area contributed by atoms with Gasteiger partial charge < -0.3 is 4.74 Å². The summed E-state index contributed by atoms with van der Waals surface area (Å²) in [6, 6.07) is 17.3. The van der Waals surface area contributed by atoms with Gasteiger partial charge >= 0.3 is 0 Å². The zero-order chi connectivity index (χ0) is 14.2. The van der Waals surface area contributed by atoms with Crippen molar-refractivity contribution in [1.82, 2.24) is 0 Å². The van der Waals surface area contributed by atoms with Crippen molar-refractivity contribution in [3.63, 3.8) is 0 Å². The Labute approximate surface area is 122 Å². The standard InChI is InChI=1S/C19H24O/c1-3-5-6-16-7-9-17(10-8-16)18-11-13-19(14-12-18)20-15-4-2/h7-14H,3-6,15H2,1-2H3. The lowest BCUT2D eigenvalue weighted by molar-refractivity contribution is 0.317. The molecule has 0 aromatic heterocycles. The van der Waals surface area contributed by atoms with Crippen molar-refractivity contribution in [3.8, 4) is 16.9 Å². The van der Waals surface area contributed by atoms with Gasteiger partial charge in [0, 0.05) is 0 Å². The highest BCUT2D eigenvalue weighted by atomic mass is 16.5. The molecule has 0 aliphatic carbocycles. The summed E-state index contributed by atoms with van der Waals surface area (Å²) >= 11 is 0. The molecule has 0 aliphatic rings. The molecule has 0 saturated heterocycles. The van der Waals surface area contributed by atoms with Crippen molar-refractivity contribution >= 4 is 0 Å². The Morgan fingerprint density at radius 3 is 1.90 bits per heavy atom. The Kier molecular flexibility index (Phi) is 5.67.